The van der Waals surface area contributed by atoms with Crippen molar-refractivity contribution < 1.29 is 14.4 Å². The Balaban J connectivity index is 1.76. The van der Waals surface area contributed by atoms with E-state index in [1.165, 1.54) is 12.0 Å². The van der Waals surface area contributed by atoms with Gasteiger partial charge in [-0.15, -0.1) is 5.10 Å². The molecule has 0 bridgehead atoms. The molecule has 0 unspecified atom stereocenters. The number of ether oxygens (including phenoxy) is 1. The Morgan fingerprint density at radius 3 is 2.78 bits per heavy atom. The van der Waals surface area contributed by atoms with Gasteiger partial charge in [-0.1, -0.05) is 0 Å². The first-order valence-electron chi connectivity index (χ1n) is 7.85. The second kappa shape index (κ2) is 6.37. The minimum Gasteiger partial charge on any atom is -0.469 e. The third kappa shape index (κ3) is 3.13. The first kappa shape index (κ1) is 16.1. The molecule has 1 N–H and O–H groups in total. The zero-order chi connectivity index (χ0) is 16.6. The van der Waals surface area contributed by atoms with E-state index >= 15 is 0 Å². The van der Waals surface area contributed by atoms with Crippen molar-refractivity contribution in [2.45, 2.75) is 33.4 Å². The van der Waals surface area contributed by atoms with E-state index in [4.69, 9.17) is 17.0 Å². The monoisotopic (exact) mass is 336 g/mol. The average molecular weight is 336 g/mol. The van der Waals surface area contributed by atoms with Gasteiger partial charge in [-0.05, 0) is 32.1 Å². The molecule has 1 fully saturated rings. The lowest BCUT2D eigenvalue weighted by molar-refractivity contribution is -0.929. The standard InChI is InChI=1S/C15H21N5O2S/c1-10-8-11(2)20-14(16-10)17-19(15(20)23)9-18-6-4-12(5-7-18)13(21)22-3/h8,12H,4-7,9H2,1-3H3/p+1. The Morgan fingerprint density at radius 1 is 1.43 bits per heavy atom. The van der Waals surface area contributed by atoms with Crippen LogP contribution in [0.25, 0.3) is 5.78 Å². The normalized spacial score (nSPS) is 21.5. The van der Waals surface area contributed by atoms with Crippen LogP contribution < -0.4 is 4.90 Å². The van der Waals surface area contributed by atoms with Crippen molar-refractivity contribution in [1.82, 2.24) is 19.2 Å². The maximum Gasteiger partial charge on any atom is 0.309 e. The second-order valence-corrected chi connectivity index (χ2v) is 6.53. The van der Waals surface area contributed by atoms with Gasteiger partial charge in [-0.25, -0.2) is 4.98 Å². The fourth-order valence-corrected chi connectivity index (χ4v) is 3.57. The van der Waals surface area contributed by atoms with Crippen molar-refractivity contribution in [3.8, 4) is 0 Å². The molecule has 0 amide bonds. The molecule has 0 aliphatic carbocycles. The number of methoxy groups -OCH3 is 1. The number of carbonyl (C=O) groups excluding carboxylic acids is 1. The highest BCUT2D eigenvalue weighted by atomic mass is 32.1. The van der Waals surface area contributed by atoms with Crippen molar-refractivity contribution in [2.24, 2.45) is 5.92 Å². The van der Waals surface area contributed by atoms with E-state index in [0.717, 1.165) is 37.3 Å². The summed E-state index contributed by atoms with van der Waals surface area (Å²) in [6.07, 6.45) is 1.69. The lowest BCUT2D eigenvalue weighted by Crippen LogP contribution is -3.12. The van der Waals surface area contributed by atoms with Crippen LogP contribution in [-0.4, -0.2) is 45.3 Å². The molecule has 124 valence electrons. The highest BCUT2D eigenvalue weighted by Crippen LogP contribution is 2.11. The van der Waals surface area contributed by atoms with Crippen LogP contribution in [-0.2, 0) is 16.2 Å². The van der Waals surface area contributed by atoms with Crippen LogP contribution in [0.5, 0.6) is 0 Å². The first-order chi connectivity index (χ1) is 11.0. The molecule has 1 aliphatic heterocycles. The number of piperidine rings is 1. The van der Waals surface area contributed by atoms with E-state index in [9.17, 15) is 4.79 Å². The topological polar surface area (TPSA) is 65.9 Å². The molecule has 0 aromatic carbocycles. The quantitative estimate of drug-likeness (QED) is 0.645. The van der Waals surface area contributed by atoms with Gasteiger partial charge < -0.3 is 9.64 Å². The fourth-order valence-electron chi connectivity index (χ4n) is 3.24. The van der Waals surface area contributed by atoms with E-state index in [2.05, 4.69) is 10.1 Å². The molecule has 2 aromatic rings. The zero-order valence-corrected chi connectivity index (χ0v) is 14.5. The number of hydrogen-bond acceptors (Lipinski definition) is 5. The highest BCUT2D eigenvalue weighted by molar-refractivity contribution is 7.71. The summed E-state index contributed by atoms with van der Waals surface area (Å²) in [5.41, 5.74) is 1.98. The number of nitrogens with zero attached hydrogens (tertiary/aromatic N) is 4. The van der Waals surface area contributed by atoms with Crippen LogP contribution in [0.2, 0.25) is 0 Å². The van der Waals surface area contributed by atoms with Gasteiger partial charge in [-0.3, -0.25) is 9.20 Å². The van der Waals surface area contributed by atoms with E-state index in [1.807, 2.05) is 29.0 Å². The summed E-state index contributed by atoms with van der Waals surface area (Å²) in [6.45, 7) is 6.51. The van der Waals surface area contributed by atoms with Gasteiger partial charge in [0.2, 0.25) is 4.77 Å². The van der Waals surface area contributed by atoms with E-state index in [0.29, 0.717) is 17.2 Å². The van der Waals surface area contributed by atoms with Crippen molar-refractivity contribution >= 4 is 24.0 Å². The van der Waals surface area contributed by atoms with Gasteiger partial charge >= 0.3 is 5.97 Å². The maximum atomic E-state index is 11.6. The fraction of sp³-hybridized carbons (Fsp3) is 0.600. The van der Waals surface area contributed by atoms with Gasteiger partial charge in [0.25, 0.3) is 5.78 Å². The Kier molecular flexibility index (Phi) is 4.45. The molecule has 3 heterocycles. The summed E-state index contributed by atoms with van der Waals surface area (Å²) in [4.78, 5) is 17.4. The maximum absolute atomic E-state index is 11.6. The second-order valence-electron chi connectivity index (χ2n) is 6.16. The van der Waals surface area contributed by atoms with Gasteiger partial charge in [-0.2, -0.15) is 4.68 Å². The van der Waals surface area contributed by atoms with Crippen LogP contribution in [0.1, 0.15) is 24.2 Å². The molecule has 1 aliphatic rings. The van der Waals surface area contributed by atoms with Crippen molar-refractivity contribution in [2.75, 3.05) is 20.2 Å². The molecule has 0 radical (unpaired) electrons. The number of aryl methyl sites for hydroxylation is 2. The largest absolute Gasteiger partial charge is 0.469 e. The van der Waals surface area contributed by atoms with Crippen LogP contribution in [0.3, 0.4) is 0 Å². The first-order valence-corrected chi connectivity index (χ1v) is 8.25. The number of nitrogens with one attached hydrogen (secondary N) is 1. The lowest BCUT2D eigenvalue weighted by Gasteiger charge is -2.27. The van der Waals surface area contributed by atoms with Crippen LogP contribution in [0, 0.1) is 24.5 Å². The van der Waals surface area contributed by atoms with Gasteiger partial charge in [0.1, 0.15) is 0 Å². The van der Waals surface area contributed by atoms with E-state index in [1.54, 1.807) is 0 Å². The predicted octanol–water partition coefficient (Wildman–Crippen LogP) is 0.303. The third-order valence-corrected chi connectivity index (χ3v) is 4.86. The summed E-state index contributed by atoms with van der Waals surface area (Å²) in [7, 11) is 1.45. The predicted molar refractivity (Wildman–Crippen MR) is 86.7 cm³/mol. The SMILES string of the molecule is COC(=O)C1CC[NH+](Cn2nc3nc(C)cc(C)n3c2=S)CC1. The van der Waals surface area contributed by atoms with E-state index < -0.39 is 0 Å². The Hall–Kier alpha value is -1.80. The molecule has 1 saturated heterocycles. The summed E-state index contributed by atoms with van der Waals surface area (Å²) >= 11 is 5.55. The Bertz CT molecular complexity index is 789. The van der Waals surface area contributed by atoms with Gasteiger partial charge in [0, 0.05) is 24.2 Å². The molecule has 23 heavy (non-hydrogen) atoms. The number of rotatable bonds is 3. The van der Waals surface area contributed by atoms with Crippen LogP contribution >= 0.6 is 12.2 Å². The molecule has 7 nitrogen and oxygen atoms in total. The number of aromatic nitrogens is 4. The Labute approximate surface area is 139 Å². The summed E-state index contributed by atoms with van der Waals surface area (Å²) in [5.74, 6) is 0.587. The summed E-state index contributed by atoms with van der Waals surface area (Å²) in [5, 5.41) is 4.55. The number of fused-ring (bicyclic) bond motifs is 1. The summed E-state index contributed by atoms with van der Waals surface area (Å²) in [6, 6.07) is 2.00. The highest BCUT2D eigenvalue weighted by Gasteiger charge is 2.28. The van der Waals surface area contributed by atoms with Crippen LogP contribution in [0.4, 0.5) is 0 Å². The van der Waals surface area contributed by atoms with Crippen molar-refractivity contribution in [1.29, 1.82) is 0 Å². The summed E-state index contributed by atoms with van der Waals surface area (Å²) < 4.78 is 9.26. The Morgan fingerprint density at radius 2 is 2.13 bits per heavy atom. The number of carbonyl (C=O) groups is 1. The third-order valence-electron chi connectivity index (χ3n) is 4.47. The number of hydrogen-bond donors (Lipinski definition) is 1. The zero-order valence-electron chi connectivity index (χ0n) is 13.7. The molecule has 0 spiro atoms. The molecule has 0 saturated carbocycles. The number of esters is 1. The number of quaternary nitrogens is 1. The molecule has 8 heteroatoms. The van der Waals surface area contributed by atoms with Crippen molar-refractivity contribution in [3.63, 3.8) is 0 Å². The molecule has 0 atom stereocenters. The molecular formula is C15H22N5O2S+. The minimum absolute atomic E-state index is 0.0318. The smallest absolute Gasteiger partial charge is 0.309 e. The van der Waals surface area contributed by atoms with Crippen molar-refractivity contribution in [3.05, 3.63) is 22.2 Å². The van der Waals surface area contributed by atoms with E-state index in [-0.39, 0.29) is 11.9 Å². The molecular weight excluding hydrogens is 314 g/mol. The van der Waals surface area contributed by atoms with Gasteiger partial charge in [0.15, 0.2) is 6.67 Å². The lowest BCUT2D eigenvalue weighted by atomic mass is 9.97. The minimum atomic E-state index is -0.0938. The van der Waals surface area contributed by atoms with Crippen LogP contribution in [0.15, 0.2) is 6.07 Å². The number of likely N-dealkylation sites (tertiary alicyclic amines) is 1. The van der Waals surface area contributed by atoms with Gasteiger partial charge in [0.05, 0.1) is 26.1 Å². The molecule has 3 rings (SSSR count). The average Bonchev–Trinajstić information content (AvgIpc) is 2.83. The molecule has 2 aromatic heterocycles.